The minimum atomic E-state index is -0.402. The van der Waals surface area contributed by atoms with Crippen molar-refractivity contribution >= 4 is 28.3 Å². The second-order valence-electron chi connectivity index (χ2n) is 7.90. The van der Waals surface area contributed by atoms with Gasteiger partial charge in [-0.25, -0.2) is 9.18 Å². The van der Waals surface area contributed by atoms with Gasteiger partial charge in [0.2, 0.25) is 5.75 Å². The minimum absolute atomic E-state index is 0.378. The molecule has 1 aliphatic rings. The highest BCUT2D eigenvalue weighted by atomic mass is 19.1. The first-order valence-electron chi connectivity index (χ1n) is 10.8. The number of benzene rings is 3. The van der Waals surface area contributed by atoms with Crippen molar-refractivity contribution in [2.24, 2.45) is 0 Å². The maximum absolute atomic E-state index is 13.7. The molecule has 8 heteroatoms. The van der Waals surface area contributed by atoms with Crippen LogP contribution in [-0.2, 0) is 6.42 Å². The van der Waals surface area contributed by atoms with Crippen LogP contribution in [0.15, 0.2) is 72.9 Å². The van der Waals surface area contributed by atoms with Crippen LogP contribution in [0.4, 0.5) is 20.6 Å². The molecule has 0 saturated carbocycles. The van der Waals surface area contributed by atoms with Crippen molar-refractivity contribution in [3.05, 3.63) is 84.3 Å². The third-order valence-electron chi connectivity index (χ3n) is 5.96. The van der Waals surface area contributed by atoms with E-state index < -0.39 is 4.65 Å². The standard InChI is InChI=1S/C26H22FN3O4/c1-32-24-15-20-21(16-25(24)33-2)28-13-11-23(20)34-30(14-12-17-5-3-4-6-22(17)30)26(31)29-19-9-7-18(27)8-10-19/h3-11,13,15-16H,12,14H2,1-2H3/p+1. The Balaban J connectivity index is 1.61. The van der Waals surface area contributed by atoms with Crippen molar-refractivity contribution in [1.82, 2.24) is 9.63 Å². The molecule has 7 nitrogen and oxygen atoms in total. The fraction of sp³-hybridized carbons (Fsp3) is 0.154. The lowest BCUT2D eigenvalue weighted by molar-refractivity contribution is 0.0111. The van der Waals surface area contributed by atoms with E-state index in [0.717, 1.165) is 11.3 Å². The smallest absolute Gasteiger partial charge is 0.468 e. The quantitative estimate of drug-likeness (QED) is 0.400. The van der Waals surface area contributed by atoms with Gasteiger partial charge >= 0.3 is 6.03 Å². The van der Waals surface area contributed by atoms with Gasteiger partial charge in [-0.3, -0.25) is 15.1 Å². The van der Waals surface area contributed by atoms with Gasteiger partial charge in [-0.1, -0.05) is 18.2 Å². The average molecular weight is 460 g/mol. The van der Waals surface area contributed by atoms with Gasteiger partial charge in [0.05, 0.1) is 25.1 Å². The number of rotatable bonds is 5. The van der Waals surface area contributed by atoms with Crippen molar-refractivity contribution in [2.75, 3.05) is 26.1 Å². The van der Waals surface area contributed by atoms with Crippen molar-refractivity contribution in [1.29, 1.82) is 0 Å². The van der Waals surface area contributed by atoms with Gasteiger partial charge in [0.15, 0.2) is 17.2 Å². The Bertz CT molecular complexity index is 1380. The first kappa shape index (κ1) is 21.7. The number of amides is 2. The fourth-order valence-electron chi connectivity index (χ4n) is 4.26. The molecule has 172 valence electrons. The highest BCUT2D eigenvalue weighted by molar-refractivity contribution is 5.98. The number of hydrogen-bond donors (Lipinski definition) is 1. The molecule has 0 bridgehead atoms. The number of halogens is 1. The predicted molar refractivity (Wildman–Crippen MR) is 128 cm³/mol. The summed E-state index contributed by atoms with van der Waals surface area (Å²) in [6.45, 7) is 0.392. The normalized spacial score (nSPS) is 16.7. The number of nitrogens with zero attached hydrogens (tertiary/aromatic N) is 2. The van der Waals surface area contributed by atoms with Crippen LogP contribution in [0.3, 0.4) is 0 Å². The number of para-hydroxylation sites is 1. The van der Waals surface area contributed by atoms with Crippen LogP contribution >= 0.6 is 0 Å². The Hall–Kier alpha value is -4.17. The third kappa shape index (κ3) is 3.68. The third-order valence-corrected chi connectivity index (χ3v) is 5.96. The molecule has 1 N–H and O–H groups in total. The molecule has 1 aromatic heterocycles. The number of hydroxylamine groups is 2. The van der Waals surface area contributed by atoms with Crippen LogP contribution in [-0.4, -0.2) is 31.8 Å². The predicted octanol–water partition coefficient (Wildman–Crippen LogP) is 5.48. The molecule has 1 unspecified atom stereocenters. The van der Waals surface area contributed by atoms with Gasteiger partial charge in [-0.05, 0) is 35.0 Å². The number of anilines is 1. The summed E-state index contributed by atoms with van der Waals surface area (Å²) in [5, 5.41) is 3.56. The first-order valence-corrected chi connectivity index (χ1v) is 10.8. The van der Waals surface area contributed by atoms with Gasteiger partial charge in [0, 0.05) is 42.1 Å². The summed E-state index contributed by atoms with van der Waals surface area (Å²) in [4.78, 5) is 24.7. The molecule has 5 rings (SSSR count). The molecule has 0 aliphatic carbocycles. The van der Waals surface area contributed by atoms with Gasteiger partial charge in [-0.15, -0.1) is 0 Å². The number of urea groups is 1. The maximum Gasteiger partial charge on any atom is 0.468 e. The van der Waals surface area contributed by atoms with E-state index in [0.29, 0.717) is 46.8 Å². The lowest BCUT2D eigenvalue weighted by atomic mass is 10.2. The maximum atomic E-state index is 13.7. The van der Waals surface area contributed by atoms with E-state index in [4.69, 9.17) is 14.3 Å². The molecule has 1 atom stereocenters. The Kier molecular flexibility index (Phi) is 5.51. The van der Waals surface area contributed by atoms with E-state index in [9.17, 15) is 9.18 Å². The molecule has 1 aliphatic heterocycles. The second kappa shape index (κ2) is 8.64. The van der Waals surface area contributed by atoms with E-state index in [1.54, 1.807) is 38.6 Å². The number of methoxy groups -OCH3 is 2. The zero-order valence-electron chi connectivity index (χ0n) is 18.7. The Morgan fingerprint density at radius 2 is 1.71 bits per heavy atom. The second-order valence-corrected chi connectivity index (χ2v) is 7.90. The number of nitrogens with one attached hydrogen (secondary N) is 1. The Morgan fingerprint density at radius 3 is 2.47 bits per heavy atom. The summed E-state index contributed by atoms with van der Waals surface area (Å²) in [5.41, 5.74) is 2.88. The Morgan fingerprint density at radius 1 is 0.971 bits per heavy atom. The largest absolute Gasteiger partial charge is 0.493 e. The molecular formula is C26H23FN3O4+. The van der Waals surface area contributed by atoms with E-state index in [-0.39, 0.29) is 11.8 Å². The molecule has 0 radical (unpaired) electrons. The average Bonchev–Trinajstić information content (AvgIpc) is 3.24. The summed E-state index contributed by atoms with van der Waals surface area (Å²) in [5.74, 6) is 1.16. The highest BCUT2D eigenvalue weighted by Crippen LogP contribution is 2.40. The number of pyridine rings is 1. The monoisotopic (exact) mass is 460 g/mol. The number of aromatic nitrogens is 1. The summed E-state index contributed by atoms with van der Waals surface area (Å²) < 4.78 is 23.8. The highest BCUT2D eigenvalue weighted by Gasteiger charge is 2.49. The molecular weight excluding hydrogens is 437 g/mol. The molecule has 3 aromatic carbocycles. The van der Waals surface area contributed by atoms with E-state index in [2.05, 4.69) is 10.3 Å². The number of ether oxygens (including phenoxy) is 2. The van der Waals surface area contributed by atoms with Gasteiger partial charge < -0.3 is 9.47 Å². The van der Waals surface area contributed by atoms with E-state index in [1.165, 1.54) is 24.3 Å². The topological polar surface area (TPSA) is 69.7 Å². The zero-order chi connectivity index (χ0) is 23.7. The molecule has 0 saturated heterocycles. The first-order chi connectivity index (χ1) is 16.5. The summed E-state index contributed by atoms with van der Waals surface area (Å²) in [6.07, 6.45) is 2.28. The molecule has 34 heavy (non-hydrogen) atoms. The van der Waals surface area contributed by atoms with Crippen molar-refractivity contribution in [3.8, 4) is 17.2 Å². The van der Waals surface area contributed by atoms with E-state index >= 15 is 0 Å². The number of carbonyl (C=O) groups excluding carboxylic acids is 1. The van der Waals surface area contributed by atoms with Crippen LogP contribution in [0, 0.1) is 5.82 Å². The number of fused-ring (bicyclic) bond motifs is 2. The lowest BCUT2D eigenvalue weighted by Gasteiger charge is -2.29. The summed E-state index contributed by atoms with van der Waals surface area (Å²) in [6, 6.07) is 18.2. The lowest BCUT2D eigenvalue weighted by Crippen LogP contribution is -2.57. The van der Waals surface area contributed by atoms with Gasteiger partial charge in [-0.2, -0.15) is 0 Å². The van der Waals surface area contributed by atoms with Crippen LogP contribution in [0.5, 0.6) is 17.2 Å². The van der Waals surface area contributed by atoms with Crippen molar-refractivity contribution in [2.45, 2.75) is 6.42 Å². The van der Waals surface area contributed by atoms with Crippen LogP contribution in [0.2, 0.25) is 0 Å². The van der Waals surface area contributed by atoms with Crippen LogP contribution in [0.1, 0.15) is 5.56 Å². The SMILES string of the molecule is COc1cc2nccc(O[N+]3(C(=O)Nc4ccc(F)cc4)CCc4ccccc43)c2cc1OC. The molecule has 0 spiro atoms. The van der Waals surface area contributed by atoms with Crippen LogP contribution in [0.25, 0.3) is 10.9 Å². The summed E-state index contributed by atoms with van der Waals surface area (Å²) in [7, 11) is 3.12. The Labute approximate surface area is 195 Å². The molecule has 4 aromatic rings. The molecule has 2 heterocycles. The van der Waals surface area contributed by atoms with Crippen molar-refractivity contribution in [3.63, 3.8) is 0 Å². The number of quaternary nitrogens is 1. The van der Waals surface area contributed by atoms with Crippen molar-refractivity contribution < 1.29 is 23.5 Å². The van der Waals surface area contributed by atoms with Gasteiger partial charge in [0.25, 0.3) is 0 Å². The molecule has 0 fully saturated rings. The summed E-state index contributed by atoms with van der Waals surface area (Å²) >= 11 is 0. The number of carbonyl (C=O) groups is 1. The minimum Gasteiger partial charge on any atom is -0.493 e. The van der Waals surface area contributed by atoms with Gasteiger partial charge in [0.1, 0.15) is 12.4 Å². The fourth-order valence-corrected chi connectivity index (χ4v) is 4.26. The van der Waals surface area contributed by atoms with E-state index in [1.807, 2.05) is 24.3 Å². The molecule has 2 amide bonds. The van der Waals surface area contributed by atoms with Crippen LogP contribution < -0.4 is 24.3 Å². The zero-order valence-corrected chi connectivity index (χ0v) is 18.7. The number of hydrogen-bond acceptors (Lipinski definition) is 5.